The largest absolute Gasteiger partial charge is 0.396 e. The topological polar surface area (TPSA) is 63.3 Å². The van der Waals surface area contributed by atoms with Crippen LogP contribution in [0.5, 0.6) is 0 Å². The van der Waals surface area contributed by atoms with Crippen molar-refractivity contribution in [2.45, 2.75) is 77.6 Å². The molecule has 20 heavy (non-hydrogen) atoms. The molecule has 1 atom stereocenters. The van der Waals surface area contributed by atoms with E-state index in [1.54, 1.807) is 0 Å². The number of unbranched alkanes of at least 4 members (excludes halogenated alkanes) is 7. The van der Waals surface area contributed by atoms with E-state index < -0.39 is 0 Å². The summed E-state index contributed by atoms with van der Waals surface area (Å²) in [6, 6.07) is 0. The third kappa shape index (κ3) is 15.2. The zero-order chi connectivity index (χ0) is 15.1. The Balaban J connectivity index is 3.14. The van der Waals surface area contributed by atoms with Crippen molar-refractivity contribution in [3.8, 4) is 0 Å². The molecule has 0 aromatic carbocycles. The average Bonchev–Trinajstić information content (AvgIpc) is 2.43. The van der Waals surface area contributed by atoms with Gasteiger partial charge in [0.25, 0.3) is 0 Å². The molecule has 0 aliphatic carbocycles. The second kappa shape index (κ2) is 14.6. The van der Waals surface area contributed by atoms with Gasteiger partial charge < -0.3 is 10.8 Å². The third-order valence-corrected chi connectivity index (χ3v) is 3.59. The van der Waals surface area contributed by atoms with Gasteiger partial charge in [-0.25, -0.2) is 0 Å². The third-order valence-electron chi connectivity index (χ3n) is 3.59. The lowest BCUT2D eigenvalue weighted by molar-refractivity contribution is -0.118. The summed E-state index contributed by atoms with van der Waals surface area (Å²) in [5.41, 5.74) is 5.09. The molecule has 0 aliphatic heterocycles. The van der Waals surface area contributed by atoms with Gasteiger partial charge in [-0.3, -0.25) is 4.79 Å². The van der Waals surface area contributed by atoms with Gasteiger partial charge in [0, 0.05) is 13.0 Å². The van der Waals surface area contributed by atoms with E-state index in [-0.39, 0.29) is 5.91 Å². The van der Waals surface area contributed by atoms with Crippen LogP contribution < -0.4 is 5.73 Å². The maximum absolute atomic E-state index is 10.5. The summed E-state index contributed by atoms with van der Waals surface area (Å²) in [7, 11) is 0. The Bertz CT molecular complexity index is 251. The fourth-order valence-corrected chi connectivity index (χ4v) is 2.17. The van der Waals surface area contributed by atoms with Gasteiger partial charge >= 0.3 is 0 Å². The molecule has 0 aromatic rings. The Hall–Kier alpha value is -0.830. The molecule has 1 unspecified atom stereocenters. The monoisotopic (exact) mass is 283 g/mol. The standard InChI is InChI=1S/C17H33NO2/c1-16(15-19)13-11-9-7-5-3-2-4-6-8-10-12-14-17(18)20/h3,5,16,19H,2,4,6-15H2,1H3,(H2,18,20)/b5-3+. The highest BCUT2D eigenvalue weighted by molar-refractivity contribution is 5.73. The lowest BCUT2D eigenvalue weighted by Gasteiger charge is -2.05. The summed E-state index contributed by atoms with van der Waals surface area (Å²) in [6.07, 6.45) is 16.8. The number of rotatable bonds is 14. The molecule has 0 radical (unpaired) electrons. The summed E-state index contributed by atoms with van der Waals surface area (Å²) >= 11 is 0. The lowest BCUT2D eigenvalue weighted by Crippen LogP contribution is -2.09. The van der Waals surface area contributed by atoms with Crippen LogP contribution in [0.15, 0.2) is 12.2 Å². The second-order valence-corrected chi connectivity index (χ2v) is 5.82. The lowest BCUT2D eigenvalue weighted by atomic mass is 10.0. The Kier molecular flexibility index (Phi) is 14.0. The van der Waals surface area contributed by atoms with E-state index in [9.17, 15) is 4.79 Å². The first-order chi connectivity index (χ1) is 9.66. The number of aliphatic hydroxyl groups excluding tert-OH is 1. The van der Waals surface area contributed by atoms with E-state index >= 15 is 0 Å². The first kappa shape index (κ1) is 19.2. The van der Waals surface area contributed by atoms with Crippen LogP contribution in [0.25, 0.3) is 0 Å². The first-order valence-electron chi connectivity index (χ1n) is 8.21. The molecule has 0 aliphatic rings. The van der Waals surface area contributed by atoms with Gasteiger partial charge in [0.05, 0.1) is 0 Å². The molecular formula is C17H33NO2. The van der Waals surface area contributed by atoms with Crippen molar-refractivity contribution >= 4 is 5.91 Å². The van der Waals surface area contributed by atoms with Crippen molar-refractivity contribution in [2.24, 2.45) is 11.7 Å². The van der Waals surface area contributed by atoms with Crippen LogP contribution >= 0.6 is 0 Å². The number of allylic oxidation sites excluding steroid dienone is 2. The highest BCUT2D eigenvalue weighted by Gasteiger charge is 1.98. The van der Waals surface area contributed by atoms with Crippen molar-refractivity contribution in [2.75, 3.05) is 6.61 Å². The van der Waals surface area contributed by atoms with E-state index in [4.69, 9.17) is 10.8 Å². The highest BCUT2D eigenvalue weighted by atomic mass is 16.3. The number of amides is 1. The summed E-state index contributed by atoms with van der Waals surface area (Å²) in [4.78, 5) is 10.5. The molecule has 0 fully saturated rings. The van der Waals surface area contributed by atoms with E-state index in [1.165, 1.54) is 38.5 Å². The van der Waals surface area contributed by atoms with Gasteiger partial charge in [0.1, 0.15) is 0 Å². The summed E-state index contributed by atoms with van der Waals surface area (Å²) in [5, 5.41) is 8.90. The number of carbonyl (C=O) groups excluding carboxylic acids is 1. The van der Waals surface area contributed by atoms with Crippen LogP contribution in [0, 0.1) is 5.92 Å². The van der Waals surface area contributed by atoms with Crippen molar-refractivity contribution in [3.63, 3.8) is 0 Å². The number of carbonyl (C=O) groups is 1. The van der Waals surface area contributed by atoms with E-state index in [0.717, 1.165) is 25.7 Å². The van der Waals surface area contributed by atoms with Crippen molar-refractivity contribution < 1.29 is 9.90 Å². The molecule has 1 amide bonds. The Morgan fingerprint density at radius 3 is 2.15 bits per heavy atom. The Morgan fingerprint density at radius 1 is 1.00 bits per heavy atom. The predicted octanol–water partition coefficient (Wildman–Crippen LogP) is 3.95. The Labute approximate surface area is 124 Å². The van der Waals surface area contributed by atoms with Gasteiger partial charge in [-0.15, -0.1) is 0 Å². The highest BCUT2D eigenvalue weighted by Crippen LogP contribution is 2.10. The van der Waals surface area contributed by atoms with Gasteiger partial charge in [0.2, 0.25) is 5.91 Å². The normalized spacial score (nSPS) is 12.9. The molecule has 0 spiro atoms. The summed E-state index contributed by atoms with van der Waals surface area (Å²) in [6.45, 7) is 2.41. The minimum atomic E-state index is -0.179. The van der Waals surface area contributed by atoms with Crippen LogP contribution in [0.2, 0.25) is 0 Å². The number of nitrogens with two attached hydrogens (primary N) is 1. The van der Waals surface area contributed by atoms with Crippen molar-refractivity contribution in [1.82, 2.24) is 0 Å². The first-order valence-corrected chi connectivity index (χ1v) is 8.21. The molecule has 0 bridgehead atoms. The predicted molar refractivity (Wildman–Crippen MR) is 85.4 cm³/mol. The second-order valence-electron chi connectivity index (χ2n) is 5.82. The zero-order valence-corrected chi connectivity index (χ0v) is 13.2. The fraction of sp³-hybridized carbons (Fsp3) is 0.824. The fourth-order valence-electron chi connectivity index (χ4n) is 2.17. The van der Waals surface area contributed by atoms with Crippen LogP contribution in [-0.2, 0) is 4.79 Å². The molecule has 3 N–H and O–H groups in total. The zero-order valence-electron chi connectivity index (χ0n) is 13.2. The minimum Gasteiger partial charge on any atom is -0.396 e. The molecule has 0 heterocycles. The van der Waals surface area contributed by atoms with E-state index in [2.05, 4.69) is 19.1 Å². The van der Waals surface area contributed by atoms with Gasteiger partial charge in [-0.05, 0) is 44.4 Å². The average molecular weight is 283 g/mol. The quantitative estimate of drug-likeness (QED) is 0.374. The smallest absolute Gasteiger partial charge is 0.217 e. The molecule has 0 rings (SSSR count). The molecule has 3 nitrogen and oxygen atoms in total. The minimum absolute atomic E-state index is 0.179. The van der Waals surface area contributed by atoms with Gasteiger partial charge in [-0.1, -0.05) is 44.8 Å². The number of hydrogen-bond donors (Lipinski definition) is 2. The van der Waals surface area contributed by atoms with Gasteiger partial charge in [-0.2, -0.15) is 0 Å². The van der Waals surface area contributed by atoms with Crippen LogP contribution in [0.4, 0.5) is 0 Å². The summed E-state index contributed by atoms with van der Waals surface area (Å²) < 4.78 is 0. The SMILES string of the molecule is CC(CO)CCCC/C=C/CCCCCCCC(N)=O. The van der Waals surface area contributed by atoms with Crippen LogP contribution in [0.3, 0.4) is 0 Å². The van der Waals surface area contributed by atoms with Crippen LogP contribution in [0.1, 0.15) is 77.6 Å². The molecule has 0 aromatic heterocycles. The molecule has 0 saturated heterocycles. The van der Waals surface area contributed by atoms with Crippen molar-refractivity contribution in [3.05, 3.63) is 12.2 Å². The number of aliphatic hydroxyl groups is 1. The van der Waals surface area contributed by atoms with Crippen LogP contribution in [-0.4, -0.2) is 17.6 Å². The maximum atomic E-state index is 10.5. The number of primary amides is 1. The molecule has 3 heteroatoms. The Morgan fingerprint density at radius 2 is 1.55 bits per heavy atom. The number of hydrogen-bond acceptors (Lipinski definition) is 2. The van der Waals surface area contributed by atoms with Gasteiger partial charge in [0.15, 0.2) is 0 Å². The maximum Gasteiger partial charge on any atom is 0.217 e. The van der Waals surface area contributed by atoms with E-state index in [0.29, 0.717) is 18.9 Å². The molecule has 0 saturated carbocycles. The molecule has 118 valence electrons. The van der Waals surface area contributed by atoms with E-state index in [1.807, 2.05) is 0 Å². The summed E-state index contributed by atoms with van der Waals surface area (Å²) in [5.74, 6) is 0.273. The molecular weight excluding hydrogens is 250 g/mol. The van der Waals surface area contributed by atoms with Crippen molar-refractivity contribution in [1.29, 1.82) is 0 Å².